The first-order valence-corrected chi connectivity index (χ1v) is 14.3. The van der Waals surface area contributed by atoms with E-state index in [1.54, 1.807) is 0 Å². The van der Waals surface area contributed by atoms with Gasteiger partial charge in [-0.3, -0.25) is 0 Å². The fraction of sp³-hybridized carbons (Fsp3) is 0.571. The van der Waals surface area contributed by atoms with Crippen molar-refractivity contribution in [3.8, 4) is 0 Å². The quantitative estimate of drug-likeness (QED) is 0.372. The highest BCUT2D eigenvalue weighted by atomic mass is 16.2. The number of rotatable bonds is 6. The molecule has 202 valence electrons. The normalized spacial score (nSPS) is 23.0. The highest BCUT2D eigenvalue weighted by Crippen LogP contribution is 2.34. The zero-order valence-electron chi connectivity index (χ0n) is 22.0. The Kier molecular flexibility index (Phi) is 7.31. The predicted molar refractivity (Wildman–Crippen MR) is 150 cm³/mol. The van der Waals surface area contributed by atoms with Crippen molar-refractivity contribution >= 4 is 34.6 Å². The van der Waals surface area contributed by atoms with E-state index in [0.29, 0.717) is 37.2 Å². The summed E-state index contributed by atoms with van der Waals surface area (Å²) < 4.78 is 2.26. The first kappa shape index (κ1) is 24.9. The van der Waals surface area contributed by atoms with E-state index in [1.807, 2.05) is 41.6 Å². The van der Waals surface area contributed by atoms with E-state index in [-0.39, 0.29) is 12.1 Å². The van der Waals surface area contributed by atoms with Crippen molar-refractivity contribution in [3.05, 3.63) is 36.7 Å². The number of aromatic nitrogens is 4. The van der Waals surface area contributed by atoms with Crippen LogP contribution in [-0.4, -0.2) is 61.7 Å². The van der Waals surface area contributed by atoms with Crippen LogP contribution in [0.2, 0.25) is 0 Å². The molecule has 2 amide bonds. The van der Waals surface area contributed by atoms with Gasteiger partial charge in [-0.2, -0.15) is 9.97 Å². The molecule has 3 aromatic rings. The number of nitrogens with two attached hydrogens (primary N) is 1. The minimum absolute atomic E-state index is 0.0481. The third-order valence-electron chi connectivity index (χ3n) is 8.39. The Morgan fingerprint density at radius 2 is 1.58 bits per heavy atom. The maximum atomic E-state index is 12.7. The highest BCUT2D eigenvalue weighted by Gasteiger charge is 2.27. The maximum Gasteiger partial charge on any atom is 0.321 e. The van der Waals surface area contributed by atoms with Crippen molar-refractivity contribution in [2.45, 2.75) is 88.4 Å². The zero-order chi connectivity index (χ0) is 25.9. The Bertz CT molecular complexity index is 1220. The number of imidazole rings is 1. The summed E-state index contributed by atoms with van der Waals surface area (Å²) in [6.07, 6.45) is 12.6. The molecule has 10 heteroatoms. The van der Waals surface area contributed by atoms with Crippen LogP contribution in [0.15, 0.2) is 36.7 Å². The van der Waals surface area contributed by atoms with Crippen molar-refractivity contribution in [1.29, 1.82) is 0 Å². The summed E-state index contributed by atoms with van der Waals surface area (Å²) in [6.45, 7) is 1.38. The van der Waals surface area contributed by atoms with E-state index in [9.17, 15) is 4.79 Å². The average Bonchev–Trinajstić information content (AvgIpc) is 3.61. The number of nitrogens with zero attached hydrogens (tertiary/aromatic N) is 5. The van der Waals surface area contributed by atoms with Crippen LogP contribution in [0.3, 0.4) is 0 Å². The second-order valence-corrected chi connectivity index (χ2v) is 11.1. The molecule has 2 aliphatic carbocycles. The van der Waals surface area contributed by atoms with Crippen LogP contribution in [-0.2, 0) is 0 Å². The van der Waals surface area contributed by atoms with Gasteiger partial charge in [-0.1, -0.05) is 31.0 Å². The fourth-order valence-corrected chi connectivity index (χ4v) is 6.12. The third kappa shape index (κ3) is 5.55. The molecule has 3 heterocycles. The number of nitrogens with one attached hydrogen (secondary N) is 3. The van der Waals surface area contributed by atoms with Gasteiger partial charge in [0, 0.05) is 42.9 Å². The van der Waals surface area contributed by atoms with Gasteiger partial charge in [-0.15, -0.1) is 0 Å². The van der Waals surface area contributed by atoms with Crippen molar-refractivity contribution in [2.75, 3.05) is 29.0 Å². The molecule has 38 heavy (non-hydrogen) atoms. The standard InChI is InChI=1S/C28H39N9O/c29-19-10-12-21(13-11-19)32-27-34-25(24-26(35-27)37(18-30-24)23-8-4-5-9-23)31-22-14-16-36(17-15-22)28(38)33-20-6-2-1-3-7-20/h1-3,6-7,18-19,21-23H,4-5,8-17,29H2,(H,33,38)(H2,31,32,34,35)/t19-,21-. The van der Waals surface area contributed by atoms with E-state index in [1.165, 1.54) is 25.7 Å². The van der Waals surface area contributed by atoms with Crippen LogP contribution in [0, 0.1) is 0 Å². The second kappa shape index (κ2) is 11.1. The average molecular weight is 518 g/mol. The molecule has 0 atom stereocenters. The predicted octanol–water partition coefficient (Wildman–Crippen LogP) is 4.73. The molecule has 10 nitrogen and oxygen atoms in total. The van der Waals surface area contributed by atoms with Gasteiger partial charge in [-0.05, 0) is 63.5 Å². The van der Waals surface area contributed by atoms with Crippen molar-refractivity contribution in [3.63, 3.8) is 0 Å². The number of para-hydroxylation sites is 1. The molecule has 5 N–H and O–H groups in total. The Balaban J connectivity index is 1.17. The van der Waals surface area contributed by atoms with E-state index < -0.39 is 0 Å². The molecular formula is C28H39N9O. The molecule has 1 aliphatic heterocycles. The molecule has 0 unspecified atom stereocenters. The van der Waals surface area contributed by atoms with E-state index in [2.05, 4.69) is 20.5 Å². The van der Waals surface area contributed by atoms with Gasteiger partial charge in [0.2, 0.25) is 5.95 Å². The molecule has 3 aliphatic rings. The van der Waals surface area contributed by atoms with Crippen LogP contribution < -0.4 is 21.7 Å². The van der Waals surface area contributed by atoms with E-state index in [0.717, 1.165) is 61.2 Å². The Hall–Kier alpha value is -3.40. The number of hydrogen-bond acceptors (Lipinski definition) is 7. The Morgan fingerprint density at radius 3 is 2.32 bits per heavy atom. The summed E-state index contributed by atoms with van der Waals surface area (Å²) in [6, 6.07) is 10.9. The number of likely N-dealkylation sites (tertiary alicyclic amines) is 1. The molecule has 2 aromatic heterocycles. The summed E-state index contributed by atoms with van der Waals surface area (Å²) >= 11 is 0. The number of benzene rings is 1. The van der Waals surface area contributed by atoms with Gasteiger partial charge in [0.1, 0.15) is 0 Å². The molecule has 2 saturated carbocycles. The van der Waals surface area contributed by atoms with Crippen molar-refractivity contribution in [2.24, 2.45) is 5.73 Å². The first-order chi connectivity index (χ1) is 18.6. The molecule has 0 spiro atoms. The minimum Gasteiger partial charge on any atom is -0.365 e. The van der Waals surface area contributed by atoms with Crippen LogP contribution >= 0.6 is 0 Å². The van der Waals surface area contributed by atoms with Gasteiger partial charge in [-0.25, -0.2) is 9.78 Å². The number of fused-ring (bicyclic) bond motifs is 1. The van der Waals surface area contributed by atoms with Crippen LogP contribution in [0.4, 0.5) is 22.2 Å². The number of amides is 2. The number of carbonyl (C=O) groups excluding carboxylic acids is 1. The summed E-state index contributed by atoms with van der Waals surface area (Å²) in [7, 11) is 0. The number of carbonyl (C=O) groups is 1. The van der Waals surface area contributed by atoms with Crippen molar-refractivity contribution in [1.82, 2.24) is 24.4 Å². The molecule has 0 bridgehead atoms. The zero-order valence-corrected chi connectivity index (χ0v) is 22.0. The number of urea groups is 1. The molecule has 0 radical (unpaired) electrons. The molecule has 1 saturated heterocycles. The maximum absolute atomic E-state index is 12.7. The lowest BCUT2D eigenvalue weighted by atomic mass is 9.92. The van der Waals surface area contributed by atoms with Crippen LogP contribution in [0.25, 0.3) is 11.2 Å². The SMILES string of the molecule is N[C@H]1CC[C@H](Nc2nc(NC3CCN(C(=O)Nc4ccccc4)CC3)c3ncn(C4CCCC4)c3n2)CC1. The van der Waals surface area contributed by atoms with Crippen LogP contribution in [0.1, 0.15) is 70.3 Å². The van der Waals surface area contributed by atoms with Crippen LogP contribution in [0.5, 0.6) is 0 Å². The fourth-order valence-electron chi connectivity index (χ4n) is 6.12. The lowest BCUT2D eigenvalue weighted by Crippen LogP contribution is -2.44. The summed E-state index contributed by atoms with van der Waals surface area (Å²) in [5, 5.41) is 10.3. The lowest BCUT2D eigenvalue weighted by molar-refractivity contribution is 0.197. The topological polar surface area (TPSA) is 126 Å². The summed E-state index contributed by atoms with van der Waals surface area (Å²) in [5.74, 6) is 1.45. The molecular weight excluding hydrogens is 478 g/mol. The van der Waals surface area contributed by atoms with Crippen molar-refractivity contribution < 1.29 is 4.79 Å². The monoisotopic (exact) mass is 517 g/mol. The Labute approximate surface area is 223 Å². The smallest absolute Gasteiger partial charge is 0.321 e. The first-order valence-electron chi connectivity index (χ1n) is 14.3. The van der Waals surface area contributed by atoms with Gasteiger partial charge < -0.3 is 31.2 Å². The van der Waals surface area contributed by atoms with Gasteiger partial charge in [0.25, 0.3) is 0 Å². The number of piperidine rings is 1. The summed E-state index contributed by atoms with van der Waals surface area (Å²) in [4.78, 5) is 29.3. The summed E-state index contributed by atoms with van der Waals surface area (Å²) in [5.41, 5.74) is 8.68. The van der Waals surface area contributed by atoms with Gasteiger partial charge >= 0.3 is 6.03 Å². The number of anilines is 3. The highest BCUT2D eigenvalue weighted by molar-refractivity contribution is 5.89. The number of hydrogen-bond donors (Lipinski definition) is 4. The van der Waals surface area contributed by atoms with E-state index >= 15 is 0 Å². The van der Waals surface area contributed by atoms with Gasteiger partial charge in [0.05, 0.1) is 6.33 Å². The molecule has 6 rings (SSSR count). The van der Waals surface area contributed by atoms with Gasteiger partial charge in [0.15, 0.2) is 17.0 Å². The minimum atomic E-state index is -0.0481. The lowest BCUT2D eigenvalue weighted by Gasteiger charge is -2.32. The second-order valence-electron chi connectivity index (χ2n) is 11.1. The van der Waals surface area contributed by atoms with E-state index in [4.69, 9.17) is 20.7 Å². The molecule has 1 aromatic carbocycles. The largest absolute Gasteiger partial charge is 0.365 e. The Morgan fingerprint density at radius 1 is 0.868 bits per heavy atom. The molecule has 3 fully saturated rings. The third-order valence-corrected chi connectivity index (χ3v) is 8.39.